The fraction of sp³-hybridized carbons (Fsp3) is 0.737. The van der Waals surface area contributed by atoms with Gasteiger partial charge < -0.3 is 9.15 Å². The van der Waals surface area contributed by atoms with Gasteiger partial charge in [0.05, 0.1) is 7.11 Å². The third kappa shape index (κ3) is 9.64. The molecule has 1 rings (SSSR count). The molecule has 1 aromatic rings. The second-order valence-electron chi connectivity index (χ2n) is 6.12. The molecule has 126 valence electrons. The van der Waals surface area contributed by atoms with Gasteiger partial charge in [-0.25, -0.2) is 0 Å². The van der Waals surface area contributed by atoms with Crippen LogP contribution in [-0.4, -0.2) is 13.1 Å². The van der Waals surface area contributed by atoms with Gasteiger partial charge in [0, 0.05) is 12.8 Å². The van der Waals surface area contributed by atoms with Gasteiger partial charge in [0.15, 0.2) is 0 Å². The van der Waals surface area contributed by atoms with E-state index in [2.05, 4.69) is 10.8 Å². The number of furan rings is 1. The van der Waals surface area contributed by atoms with E-state index in [1.165, 1.54) is 58.5 Å². The average molecular weight is 308 g/mol. The fourth-order valence-electron chi connectivity index (χ4n) is 2.70. The van der Waals surface area contributed by atoms with Crippen LogP contribution >= 0.6 is 0 Å². The molecule has 0 amide bonds. The zero-order valence-corrected chi connectivity index (χ0v) is 14.4. The maximum absolute atomic E-state index is 10.9. The molecule has 0 spiro atoms. The van der Waals surface area contributed by atoms with Gasteiger partial charge in [0.2, 0.25) is 0 Å². The highest BCUT2D eigenvalue weighted by atomic mass is 16.5. The molecular formula is C19H32O3. The van der Waals surface area contributed by atoms with Crippen molar-refractivity contribution < 1.29 is 13.9 Å². The molecule has 0 radical (unpaired) electrons. The first kappa shape index (κ1) is 18.8. The van der Waals surface area contributed by atoms with Gasteiger partial charge in [0.25, 0.3) is 0 Å². The van der Waals surface area contributed by atoms with E-state index in [0.29, 0.717) is 6.42 Å². The number of aryl methyl sites for hydroxylation is 2. The van der Waals surface area contributed by atoms with Crippen molar-refractivity contribution >= 4 is 5.97 Å². The maximum Gasteiger partial charge on any atom is 0.305 e. The molecule has 0 saturated heterocycles. The first-order chi connectivity index (χ1) is 10.7. The van der Waals surface area contributed by atoms with Crippen LogP contribution in [0.15, 0.2) is 16.5 Å². The molecule has 0 bridgehead atoms. The molecule has 3 nitrogen and oxygen atoms in total. The lowest BCUT2D eigenvalue weighted by molar-refractivity contribution is -0.140. The molecule has 3 heteroatoms. The summed E-state index contributed by atoms with van der Waals surface area (Å²) in [5.41, 5.74) is 0. The van der Waals surface area contributed by atoms with E-state index in [0.717, 1.165) is 30.8 Å². The number of hydrogen-bond acceptors (Lipinski definition) is 3. The Balaban J connectivity index is 1.77. The van der Waals surface area contributed by atoms with Crippen LogP contribution in [-0.2, 0) is 16.0 Å². The van der Waals surface area contributed by atoms with Crippen molar-refractivity contribution in [3.8, 4) is 0 Å². The SMILES string of the molecule is COC(=O)CCCCCCCCCCCCc1ccc(C)o1. The average Bonchev–Trinajstić information content (AvgIpc) is 2.93. The van der Waals surface area contributed by atoms with Crippen molar-refractivity contribution in [2.75, 3.05) is 7.11 Å². The smallest absolute Gasteiger partial charge is 0.305 e. The van der Waals surface area contributed by atoms with Gasteiger partial charge in [0.1, 0.15) is 11.5 Å². The highest BCUT2D eigenvalue weighted by Gasteiger charge is 2.00. The van der Waals surface area contributed by atoms with E-state index in [1.54, 1.807) is 0 Å². The van der Waals surface area contributed by atoms with Crippen molar-refractivity contribution in [2.24, 2.45) is 0 Å². The third-order valence-corrected chi connectivity index (χ3v) is 4.08. The standard InChI is InChI=1S/C19H32O3/c1-17-15-16-18(22-17)13-11-9-7-5-3-4-6-8-10-12-14-19(20)21-2/h15-16H,3-14H2,1-2H3. The predicted molar refractivity (Wildman–Crippen MR) is 90.0 cm³/mol. The number of rotatable bonds is 13. The number of methoxy groups -OCH3 is 1. The lowest BCUT2D eigenvalue weighted by Crippen LogP contribution is -1.99. The zero-order chi connectivity index (χ0) is 16.0. The molecular weight excluding hydrogens is 276 g/mol. The minimum atomic E-state index is -0.0790. The predicted octanol–water partition coefficient (Wildman–Crippen LogP) is 5.59. The Morgan fingerprint density at radius 2 is 1.45 bits per heavy atom. The largest absolute Gasteiger partial charge is 0.469 e. The Hall–Kier alpha value is -1.25. The lowest BCUT2D eigenvalue weighted by Gasteiger charge is -2.02. The van der Waals surface area contributed by atoms with Crippen LogP contribution in [0, 0.1) is 6.92 Å². The zero-order valence-electron chi connectivity index (χ0n) is 14.4. The molecule has 0 atom stereocenters. The van der Waals surface area contributed by atoms with Crippen molar-refractivity contribution in [3.05, 3.63) is 23.7 Å². The summed E-state index contributed by atoms with van der Waals surface area (Å²) in [7, 11) is 1.46. The molecule has 1 aromatic heterocycles. The maximum atomic E-state index is 10.9. The summed E-state index contributed by atoms with van der Waals surface area (Å²) < 4.78 is 10.2. The van der Waals surface area contributed by atoms with Crippen molar-refractivity contribution in [1.82, 2.24) is 0 Å². The molecule has 0 fully saturated rings. The van der Waals surface area contributed by atoms with Crippen molar-refractivity contribution in [3.63, 3.8) is 0 Å². The van der Waals surface area contributed by atoms with E-state index >= 15 is 0 Å². The quantitative estimate of drug-likeness (QED) is 0.352. The van der Waals surface area contributed by atoms with Gasteiger partial charge in [-0.15, -0.1) is 0 Å². The minimum Gasteiger partial charge on any atom is -0.469 e. The summed E-state index contributed by atoms with van der Waals surface area (Å²) in [6.07, 6.45) is 14.2. The van der Waals surface area contributed by atoms with E-state index in [-0.39, 0.29) is 5.97 Å². The van der Waals surface area contributed by atoms with Crippen LogP contribution in [0.5, 0.6) is 0 Å². The van der Waals surface area contributed by atoms with Crippen LogP contribution in [0.4, 0.5) is 0 Å². The number of hydrogen-bond donors (Lipinski definition) is 0. The van der Waals surface area contributed by atoms with Gasteiger partial charge in [-0.2, -0.15) is 0 Å². The summed E-state index contributed by atoms with van der Waals surface area (Å²) in [4.78, 5) is 10.9. The number of unbranched alkanes of at least 4 members (excludes halogenated alkanes) is 9. The van der Waals surface area contributed by atoms with Crippen LogP contribution in [0.25, 0.3) is 0 Å². The van der Waals surface area contributed by atoms with Crippen LogP contribution < -0.4 is 0 Å². The number of carbonyl (C=O) groups is 1. The molecule has 0 aromatic carbocycles. The van der Waals surface area contributed by atoms with Crippen LogP contribution in [0.1, 0.15) is 82.1 Å². The molecule has 0 saturated carbocycles. The molecule has 0 aliphatic rings. The number of carbonyl (C=O) groups excluding carboxylic acids is 1. The normalized spacial score (nSPS) is 10.8. The second kappa shape index (κ2) is 12.3. The van der Waals surface area contributed by atoms with E-state index in [9.17, 15) is 4.79 Å². The Labute approximate surface area is 135 Å². The topological polar surface area (TPSA) is 39.4 Å². The van der Waals surface area contributed by atoms with Crippen LogP contribution in [0.2, 0.25) is 0 Å². The molecule has 1 heterocycles. The Kier molecular flexibility index (Phi) is 10.5. The lowest BCUT2D eigenvalue weighted by atomic mass is 10.0. The van der Waals surface area contributed by atoms with E-state index in [4.69, 9.17) is 4.42 Å². The van der Waals surface area contributed by atoms with Gasteiger partial charge in [-0.1, -0.05) is 51.4 Å². The summed E-state index contributed by atoms with van der Waals surface area (Å²) in [6.45, 7) is 2.00. The van der Waals surface area contributed by atoms with E-state index in [1.807, 2.05) is 13.0 Å². The fourth-order valence-corrected chi connectivity index (χ4v) is 2.70. The Morgan fingerprint density at radius 1 is 0.909 bits per heavy atom. The van der Waals surface area contributed by atoms with Gasteiger partial charge in [-0.05, 0) is 31.9 Å². The monoisotopic (exact) mass is 308 g/mol. The van der Waals surface area contributed by atoms with E-state index < -0.39 is 0 Å². The second-order valence-corrected chi connectivity index (χ2v) is 6.12. The van der Waals surface area contributed by atoms with Crippen molar-refractivity contribution in [2.45, 2.75) is 84.0 Å². The third-order valence-electron chi connectivity index (χ3n) is 4.08. The summed E-state index contributed by atoms with van der Waals surface area (Å²) in [5, 5.41) is 0. The van der Waals surface area contributed by atoms with Crippen molar-refractivity contribution in [1.29, 1.82) is 0 Å². The highest BCUT2D eigenvalue weighted by Crippen LogP contribution is 2.14. The molecule has 0 aliphatic heterocycles. The summed E-state index contributed by atoms with van der Waals surface area (Å²) in [5.74, 6) is 2.07. The Morgan fingerprint density at radius 3 is 1.95 bits per heavy atom. The number of ether oxygens (including phenoxy) is 1. The first-order valence-corrected chi connectivity index (χ1v) is 8.84. The molecule has 0 N–H and O–H groups in total. The van der Waals surface area contributed by atoms with Crippen LogP contribution in [0.3, 0.4) is 0 Å². The minimum absolute atomic E-state index is 0.0790. The molecule has 0 unspecified atom stereocenters. The summed E-state index contributed by atoms with van der Waals surface area (Å²) >= 11 is 0. The summed E-state index contributed by atoms with van der Waals surface area (Å²) in [6, 6.07) is 4.13. The first-order valence-electron chi connectivity index (χ1n) is 8.84. The molecule has 22 heavy (non-hydrogen) atoms. The number of esters is 1. The highest BCUT2D eigenvalue weighted by molar-refractivity contribution is 5.68. The Bertz CT molecular complexity index is 395. The molecule has 0 aliphatic carbocycles. The van der Waals surface area contributed by atoms with Gasteiger partial charge in [-0.3, -0.25) is 4.79 Å². The van der Waals surface area contributed by atoms with Gasteiger partial charge >= 0.3 is 5.97 Å².